The molecule has 0 radical (unpaired) electrons. The second-order valence-electron chi connectivity index (χ2n) is 8.10. The lowest BCUT2D eigenvalue weighted by Gasteiger charge is -2.51. The number of piperidine rings is 1. The normalized spacial score (nSPS) is 29.3. The predicted molar refractivity (Wildman–Crippen MR) is 114 cm³/mol. The van der Waals surface area contributed by atoms with Crippen LogP contribution in [0.4, 0.5) is 15.8 Å². The minimum Gasteiger partial charge on any atom is -0.271 e. The molecule has 6 aliphatic rings. The van der Waals surface area contributed by atoms with Gasteiger partial charge in [-0.25, -0.2) is 4.39 Å². The highest BCUT2D eigenvalue weighted by Crippen LogP contribution is 2.57. The zero-order chi connectivity index (χ0) is 20.5. The molecular weight excluding hydrogens is 403 g/mol. The van der Waals surface area contributed by atoms with E-state index in [1.807, 2.05) is 12.3 Å². The quantitative estimate of drug-likeness (QED) is 0.767. The molecule has 0 saturated carbocycles. The summed E-state index contributed by atoms with van der Waals surface area (Å²) in [4.78, 5) is 0. The predicted octanol–water partition coefficient (Wildman–Crippen LogP) is 3.39. The Labute approximate surface area is 174 Å². The Kier molecular flexibility index (Phi) is 3.66. The maximum absolute atomic E-state index is 13.5. The SMILES string of the molecule is O=S(=O)(Nc1ccccc1)N1CCC2=CC3=C4C=N[N+]3(c3ccc(F)cc3)C4C2C1. The van der Waals surface area contributed by atoms with E-state index in [0.29, 0.717) is 29.8 Å². The van der Waals surface area contributed by atoms with Crippen LogP contribution in [0.25, 0.3) is 0 Å². The number of rotatable bonds is 4. The van der Waals surface area contributed by atoms with Crippen molar-refractivity contribution < 1.29 is 12.8 Å². The van der Waals surface area contributed by atoms with E-state index in [2.05, 4.69) is 10.8 Å². The molecule has 30 heavy (non-hydrogen) atoms. The molecule has 2 aromatic rings. The van der Waals surface area contributed by atoms with Gasteiger partial charge >= 0.3 is 10.2 Å². The molecule has 8 heteroatoms. The number of benzene rings is 2. The van der Waals surface area contributed by atoms with Crippen molar-refractivity contribution in [3.8, 4) is 0 Å². The molecule has 4 bridgehead atoms. The molecule has 3 unspecified atom stereocenters. The van der Waals surface area contributed by atoms with Crippen molar-refractivity contribution in [1.29, 1.82) is 0 Å². The molecule has 1 saturated heterocycles. The van der Waals surface area contributed by atoms with Gasteiger partial charge in [-0.05, 0) is 30.7 Å². The van der Waals surface area contributed by atoms with Crippen LogP contribution in [0, 0.1) is 11.7 Å². The molecule has 6 nitrogen and oxygen atoms in total. The first-order chi connectivity index (χ1) is 14.5. The van der Waals surface area contributed by atoms with Gasteiger partial charge in [0.1, 0.15) is 11.4 Å². The highest BCUT2D eigenvalue weighted by molar-refractivity contribution is 7.90. The van der Waals surface area contributed by atoms with E-state index in [4.69, 9.17) is 5.10 Å². The van der Waals surface area contributed by atoms with Crippen molar-refractivity contribution in [2.45, 2.75) is 12.5 Å². The molecule has 152 valence electrons. The largest absolute Gasteiger partial charge is 0.301 e. The fourth-order valence-electron chi connectivity index (χ4n) is 5.22. The zero-order valence-electron chi connectivity index (χ0n) is 16.1. The first-order valence-electron chi connectivity index (χ1n) is 9.98. The van der Waals surface area contributed by atoms with Gasteiger partial charge in [0.2, 0.25) is 0 Å². The summed E-state index contributed by atoms with van der Waals surface area (Å²) in [7, 11) is -3.65. The van der Waals surface area contributed by atoms with Gasteiger partial charge in [-0.15, -0.1) is 4.59 Å². The van der Waals surface area contributed by atoms with E-state index in [1.54, 1.807) is 36.4 Å². The summed E-state index contributed by atoms with van der Waals surface area (Å²) in [6, 6.07) is 15.4. The van der Waals surface area contributed by atoms with E-state index in [-0.39, 0.29) is 17.8 Å². The van der Waals surface area contributed by atoms with Crippen LogP contribution in [0.15, 0.2) is 82.6 Å². The third-order valence-electron chi connectivity index (χ3n) is 6.57. The third kappa shape index (κ3) is 2.35. The molecule has 3 atom stereocenters. The number of quaternary nitrogens is 1. The molecule has 0 amide bonds. The molecular formula is C22H20FN4O2S+. The van der Waals surface area contributed by atoms with Crippen LogP contribution < -0.4 is 9.31 Å². The van der Waals surface area contributed by atoms with Crippen LogP contribution in [-0.2, 0) is 10.2 Å². The molecule has 0 aromatic heterocycles. The standard InChI is InChI=1S/C22H20FN4O2S/c23-16-6-8-18(9-7-16)27-21-12-15-10-11-26(14-20(15)22(27)19(21)13-24-27)30(28,29)25-17-4-2-1-3-5-17/h1-9,12-13,20,22,25H,10-11,14H2/q+1. The second kappa shape index (κ2) is 6.10. The first kappa shape index (κ1) is 18.0. The Morgan fingerprint density at radius 3 is 2.63 bits per heavy atom. The van der Waals surface area contributed by atoms with Gasteiger partial charge in [-0.3, -0.25) is 4.72 Å². The summed E-state index contributed by atoms with van der Waals surface area (Å²) in [5.41, 5.74) is 5.05. The van der Waals surface area contributed by atoms with Crippen LogP contribution in [0.5, 0.6) is 0 Å². The highest BCUT2D eigenvalue weighted by atomic mass is 32.2. The van der Waals surface area contributed by atoms with Gasteiger partial charge in [-0.1, -0.05) is 28.9 Å². The topological polar surface area (TPSA) is 61.8 Å². The molecule has 5 heterocycles. The van der Waals surface area contributed by atoms with Crippen molar-refractivity contribution >= 4 is 27.8 Å². The summed E-state index contributed by atoms with van der Waals surface area (Å²) in [5.74, 6) is -0.232. The summed E-state index contributed by atoms with van der Waals surface area (Å²) in [5, 5.41) is 4.76. The monoisotopic (exact) mass is 423 g/mol. The van der Waals surface area contributed by atoms with E-state index in [9.17, 15) is 12.8 Å². The van der Waals surface area contributed by atoms with Crippen molar-refractivity contribution in [3.05, 3.63) is 83.3 Å². The van der Waals surface area contributed by atoms with E-state index in [0.717, 1.165) is 11.4 Å². The van der Waals surface area contributed by atoms with E-state index in [1.165, 1.54) is 27.6 Å². The fourth-order valence-corrected chi connectivity index (χ4v) is 6.47. The van der Waals surface area contributed by atoms with Crippen LogP contribution in [0.3, 0.4) is 0 Å². The summed E-state index contributed by atoms with van der Waals surface area (Å²) < 4.78 is 44.1. The van der Waals surface area contributed by atoms with Crippen molar-refractivity contribution in [2.75, 3.05) is 17.8 Å². The number of allylic oxidation sites excluding steroid dienone is 1. The summed E-state index contributed by atoms with van der Waals surface area (Å²) in [6.45, 7) is 0.858. The van der Waals surface area contributed by atoms with Crippen LogP contribution >= 0.6 is 0 Å². The molecule has 0 spiro atoms. The minimum absolute atomic E-state index is 0.0474. The molecule has 1 aliphatic carbocycles. The molecule has 1 N–H and O–H groups in total. The highest BCUT2D eigenvalue weighted by Gasteiger charge is 2.67. The molecule has 2 aromatic carbocycles. The van der Waals surface area contributed by atoms with Crippen LogP contribution in [-0.4, -0.2) is 38.1 Å². The molecule has 8 rings (SSSR count). The van der Waals surface area contributed by atoms with Gasteiger partial charge in [0.15, 0.2) is 17.4 Å². The van der Waals surface area contributed by atoms with Gasteiger partial charge in [-0.2, -0.15) is 12.7 Å². The third-order valence-corrected chi connectivity index (χ3v) is 8.08. The first-order valence-corrected chi connectivity index (χ1v) is 11.4. The number of anilines is 1. The maximum Gasteiger partial charge on any atom is 0.301 e. The van der Waals surface area contributed by atoms with Crippen molar-refractivity contribution in [1.82, 2.24) is 8.90 Å². The van der Waals surface area contributed by atoms with Crippen LogP contribution in [0.2, 0.25) is 0 Å². The average molecular weight is 423 g/mol. The van der Waals surface area contributed by atoms with Gasteiger partial charge in [0, 0.05) is 37.0 Å². The van der Waals surface area contributed by atoms with Crippen LogP contribution in [0.1, 0.15) is 6.42 Å². The number of halogens is 1. The zero-order valence-corrected chi connectivity index (χ0v) is 16.9. The maximum atomic E-state index is 13.5. The Hall–Kier alpha value is -2.81. The Morgan fingerprint density at radius 1 is 1.10 bits per heavy atom. The number of hydrogen-bond acceptors (Lipinski definition) is 3. The Balaban J connectivity index is 1.31. The fraction of sp³-hybridized carbons (Fsp3) is 0.227. The Bertz CT molecular complexity index is 1240. The van der Waals surface area contributed by atoms with Gasteiger partial charge < -0.3 is 0 Å². The van der Waals surface area contributed by atoms with Gasteiger partial charge in [0.05, 0.1) is 12.1 Å². The van der Waals surface area contributed by atoms with E-state index < -0.39 is 10.2 Å². The van der Waals surface area contributed by atoms with Gasteiger partial charge in [0.25, 0.3) is 0 Å². The lowest BCUT2D eigenvalue weighted by molar-refractivity contribution is 0.170. The number of para-hydroxylation sites is 1. The average Bonchev–Trinajstić information content (AvgIpc) is 3.34. The number of hydrogen-bond donors (Lipinski definition) is 1. The molecule has 1 fully saturated rings. The smallest absolute Gasteiger partial charge is 0.271 e. The minimum atomic E-state index is -3.65. The summed E-state index contributed by atoms with van der Waals surface area (Å²) in [6.07, 6.45) is 4.79. The van der Waals surface area contributed by atoms with Crippen molar-refractivity contribution in [2.24, 2.45) is 11.0 Å². The van der Waals surface area contributed by atoms with E-state index >= 15 is 0 Å². The summed E-state index contributed by atoms with van der Waals surface area (Å²) >= 11 is 0. The second-order valence-corrected chi connectivity index (χ2v) is 9.77. The number of nitrogens with one attached hydrogen (secondary N) is 1. The Morgan fingerprint density at radius 2 is 1.87 bits per heavy atom. The lowest BCUT2D eigenvalue weighted by atomic mass is 9.71. The lowest BCUT2D eigenvalue weighted by Crippen LogP contribution is -2.65. The van der Waals surface area contributed by atoms with Crippen molar-refractivity contribution in [3.63, 3.8) is 0 Å². The molecule has 5 aliphatic heterocycles. The number of nitrogens with zero attached hydrogens (tertiary/aromatic N) is 3.